The number of ketones is 1. The second-order valence-electron chi connectivity index (χ2n) is 7.97. The summed E-state index contributed by atoms with van der Waals surface area (Å²) in [6, 6.07) is 9.18. The molecule has 1 unspecified atom stereocenters. The molecule has 0 amide bonds. The standard InChI is InChI=1S/C24H26O7/c1-24(2)8-7-16-9-15(5-6-19(16)31-24)20-12-18(25)23-21(29-14-27-4)10-17(28-13-26-3)11-22(23)30-20/h5-11,20H,12-14H2,1-4H3. The predicted molar refractivity (Wildman–Crippen MR) is 114 cm³/mol. The van der Waals surface area contributed by atoms with Crippen molar-refractivity contribution in [2.24, 2.45) is 0 Å². The fourth-order valence-electron chi connectivity index (χ4n) is 3.63. The van der Waals surface area contributed by atoms with Gasteiger partial charge in [0.2, 0.25) is 0 Å². The largest absolute Gasteiger partial charge is 0.484 e. The molecule has 2 aromatic rings. The predicted octanol–water partition coefficient (Wildman–Crippen LogP) is 4.54. The van der Waals surface area contributed by atoms with Crippen molar-refractivity contribution in [3.8, 4) is 23.0 Å². The van der Waals surface area contributed by atoms with E-state index in [0.717, 1.165) is 16.9 Å². The Kier molecular flexibility index (Phi) is 5.89. The Morgan fingerprint density at radius 2 is 1.81 bits per heavy atom. The number of methoxy groups -OCH3 is 2. The van der Waals surface area contributed by atoms with Crippen molar-refractivity contribution in [1.29, 1.82) is 0 Å². The first kappa shape index (κ1) is 21.2. The Balaban J connectivity index is 1.65. The second kappa shape index (κ2) is 8.61. The van der Waals surface area contributed by atoms with Gasteiger partial charge in [-0.1, -0.05) is 12.1 Å². The van der Waals surface area contributed by atoms with E-state index in [9.17, 15) is 4.79 Å². The van der Waals surface area contributed by atoms with Crippen LogP contribution in [0.1, 0.15) is 47.9 Å². The first-order valence-corrected chi connectivity index (χ1v) is 10.0. The number of carbonyl (C=O) groups is 1. The lowest BCUT2D eigenvalue weighted by Crippen LogP contribution is -2.27. The summed E-state index contributed by atoms with van der Waals surface area (Å²) >= 11 is 0. The molecule has 4 rings (SSSR count). The molecule has 0 aliphatic carbocycles. The van der Waals surface area contributed by atoms with Gasteiger partial charge in [0.05, 0.1) is 6.42 Å². The summed E-state index contributed by atoms with van der Waals surface area (Å²) < 4.78 is 33.4. The van der Waals surface area contributed by atoms with Crippen molar-refractivity contribution in [2.75, 3.05) is 27.8 Å². The molecule has 0 saturated carbocycles. The fourth-order valence-corrected chi connectivity index (χ4v) is 3.63. The van der Waals surface area contributed by atoms with E-state index in [-0.39, 0.29) is 31.4 Å². The zero-order chi connectivity index (χ0) is 22.0. The van der Waals surface area contributed by atoms with Gasteiger partial charge in [0.15, 0.2) is 19.4 Å². The van der Waals surface area contributed by atoms with Crippen molar-refractivity contribution in [1.82, 2.24) is 0 Å². The summed E-state index contributed by atoms with van der Waals surface area (Å²) in [4.78, 5) is 13.0. The third-order valence-electron chi connectivity index (χ3n) is 5.08. The number of Topliss-reactive ketones (excluding diaryl/α,β-unsaturated/α-hetero) is 1. The van der Waals surface area contributed by atoms with Crippen LogP contribution in [0, 0.1) is 0 Å². The summed E-state index contributed by atoms with van der Waals surface area (Å²) in [5, 5.41) is 0. The molecular formula is C24H26O7. The third kappa shape index (κ3) is 4.52. The maximum atomic E-state index is 13.0. The summed E-state index contributed by atoms with van der Waals surface area (Å²) in [6.45, 7) is 4.08. The van der Waals surface area contributed by atoms with E-state index in [1.807, 2.05) is 44.2 Å². The molecular weight excluding hydrogens is 400 g/mol. The minimum absolute atomic E-state index is 0.00435. The molecule has 0 fully saturated rings. The molecule has 0 N–H and O–H groups in total. The Bertz CT molecular complexity index is 1010. The zero-order valence-corrected chi connectivity index (χ0v) is 18.1. The van der Waals surface area contributed by atoms with Crippen LogP contribution in [0.5, 0.6) is 23.0 Å². The quantitative estimate of drug-likeness (QED) is 0.602. The zero-order valence-electron chi connectivity index (χ0n) is 18.1. The highest BCUT2D eigenvalue weighted by Crippen LogP contribution is 2.43. The summed E-state index contributed by atoms with van der Waals surface area (Å²) in [7, 11) is 3.05. The topological polar surface area (TPSA) is 72.5 Å². The lowest BCUT2D eigenvalue weighted by atomic mass is 9.93. The molecule has 2 heterocycles. The number of fused-ring (bicyclic) bond motifs is 2. The number of rotatable bonds is 7. The average molecular weight is 426 g/mol. The van der Waals surface area contributed by atoms with Crippen LogP contribution >= 0.6 is 0 Å². The van der Waals surface area contributed by atoms with Gasteiger partial charge in [-0.25, -0.2) is 0 Å². The van der Waals surface area contributed by atoms with E-state index in [2.05, 4.69) is 0 Å². The molecule has 31 heavy (non-hydrogen) atoms. The maximum Gasteiger partial charge on any atom is 0.188 e. The third-order valence-corrected chi connectivity index (χ3v) is 5.08. The van der Waals surface area contributed by atoms with Gasteiger partial charge in [0.1, 0.15) is 40.3 Å². The highest BCUT2D eigenvalue weighted by atomic mass is 16.7. The minimum Gasteiger partial charge on any atom is -0.484 e. The molecule has 2 aromatic carbocycles. The molecule has 2 aliphatic rings. The summed E-state index contributed by atoms with van der Waals surface area (Å²) in [5.74, 6) is 1.99. The number of ether oxygens (including phenoxy) is 6. The van der Waals surface area contributed by atoms with Crippen molar-refractivity contribution in [3.05, 3.63) is 53.1 Å². The van der Waals surface area contributed by atoms with Gasteiger partial charge in [0, 0.05) is 31.9 Å². The summed E-state index contributed by atoms with van der Waals surface area (Å²) in [5.41, 5.74) is 1.90. The van der Waals surface area contributed by atoms with Crippen molar-refractivity contribution >= 4 is 11.9 Å². The number of benzene rings is 2. The van der Waals surface area contributed by atoms with Crippen LogP contribution in [0.2, 0.25) is 0 Å². The lowest BCUT2D eigenvalue weighted by molar-refractivity contribution is 0.0439. The lowest BCUT2D eigenvalue weighted by Gasteiger charge is -2.30. The maximum absolute atomic E-state index is 13.0. The van der Waals surface area contributed by atoms with E-state index >= 15 is 0 Å². The first-order chi connectivity index (χ1) is 14.9. The molecule has 0 spiro atoms. The molecule has 2 aliphatic heterocycles. The number of hydrogen-bond acceptors (Lipinski definition) is 7. The van der Waals surface area contributed by atoms with Gasteiger partial charge in [-0.2, -0.15) is 0 Å². The Morgan fingerprint density at radius 1 is 1.03 bits per heavy atom. The van der Waals surface area contributed by atoms with Crippen LogP contribution in [-0.2, 0) is 9.47 Å². The van der Waals surface area contributed by atoms with Crippen molar-refractivity contribution < 1.29 is 33.2 Å². The van der Waals surface area contributed by atoms with Crippen LogP contribution in [-0.4, -0.2) is 39.2 Å². The van der Waals surface area contributed by atoms with Gasteiger partial charge >= 0.3 is 0 Å². The van der Waals surface area contributed by atoms with Crippen LogP contribution in [0.4, 0.5) is 0 Å². The van der Waals surface area contributed by atoms with E-state index in [1.165, 1.54) is 14.2 Å². The van der Waals surface area contributed by atoms with Gasteiger partial charge in [0.25, 0.3) is 0 Å². The van der Waals surface area contributed by atoms with Crippen LogP contribution in [0.3, 0.4) is 0 Å². The fraction of sp³-hybridized carbons (Fsp3) is 0.375. The van der Waals surface area contributed by atoms with E-state index in [4.69, 9.17) is 28.4 Å². The van der Waals surface area contributed by atoms with Gasteiger partial charge in [-0.05, 0) is 37.6 Å². The molecule has 0 radical (unpaired) electrons. The van der Waals surface area contributed by atoms with Crippen LogP contribution in [0.15, 0.2) is 36.4 Å². The van der Waals surface area contributed by atoms with Gasteiger partial charge < -0.3 is 28.4 Å². The molecule has 0 bridgehead atoms. The van der Waals surface area contributed by atoms with Crippen LogP contribution in [0.25, 0.3) is 6.08 Å². The van der Waals surface area contributed by atoms with Gasteiger partial charge in [-0.15, -0.1) is 0 Å². The molecule has 164 valence electrons. The first-order valence-electron chi connectivity index (χ1n) is 10.0. The normalized spacial score (nSPS) is 18.5. The number of carbonyl (C=O) groups excluding carboxylic acids is 1. The van der Waals surface area contributed by atoms with E-state index < -0.39 is 6.10 Å². The highest BCUT2D eigenvalue weighted by molar-refractivity contribution is 6.03. The Labute approximate surface area is 181 Å². The number of hydrogen-bond donors (Lipinski definition) is 0. The smallest absolute Gasteiger partial charge is 0.188 e. The molecule has 7 heteroatoms. The van der Waals surface area contributed by atoms with Crippen LogP contribution < -0.4 is 18.9 Å². The Morgan fingerprint density at radius 3 is 2.58 bits per heavy atom. The molecule has 0 aromatic heterocycles. The van der Waals surface area contributed by atoms with Crippen molar-refractivity contribution in [2.45, 2.75) is 32.0 Å². The van der Waals surface area contributed by atoms with Crippen molar-refractivity contribution in [3.63, 3.8) is 0 Å². The monoisotopic (exact) mass is 426 g/mol. The average Bonchev–Trinajstić information content (AvgIpc) is 2.74. The van der Waals surface area contributed by atoms with Gasteiger partial charge in [-0.3, -0.25) is 4.79 Å². The highest BCUT2D eigenvalue weighted by Gasteiger charge is 2.32. The SMILES string of the molecule is COCOc1cc(OCOC)c2c(c1)OC(c1ccc3c(c1)C=CC(C)(C)O3)CC2=O. The minimum atomic E-state index is -0.429. The Hall–Kier alpha value is -3.03. The second-order valence-corrected chi connectivity index (χ2v) is 7.97. The molecule has 1 atom stereocenters. The van der Waals surface area contributed by atoms with E-state index in [1.54, 1.807) is 12.1 Å². The molecule has 7 nitrogen and oxygen atoms in total. The summed E-state index contributed by atoms with van der Waals surface area (Å²) in [6.07, 6.45) is 3.82. The molecule has 0 saturated heterocycles. The van der Waals surface area contributed by atoms with E-state index in [0.29, 0.717) is 22.8 Å².